The van der Waals surface area contributed by atoms with Gasteiger partial charge in [-0.1, -0.05) is 0 Å². The molecule has 1 aliphatic rings. The molecule has 0 bridgehead atoms. The van der Waals surface area contributed by atoms with Crippen molar-refractivity contribution in [2.45, 2.75) is 38.6 Å². The lowest BCUT2D eigenvalue weighted by Gasteiger charge is -2.32. The fourth-order valence-electron chi connectivity index (χ4n) is 2.21. The first-order valence-electron chi connectivity index (χ1n) is 5.96. The smallest absolute Gasteiger partial charge is 0.308 e. The summed E-state index contributed by atoms with van der Waals surface area (Å²) in [5, 5.41) is 0. The molecule has 0 aromatic rings. The minimum absolute atomic E-state index is 0.0238. The third-order valence-corrected chi connectivity index (χ3v) is 4.70. The zero-order valence-corrected chi connectivity index (χ0v) is 11.5. The van der Waals surface area contributed by atoms with Gasteiger partial charge in [-0.25, -0.2) is 12.7 Å². The summed E-state index contributed by atoms with van der Waals surface area (Å²) in [5.41, 5.74) is 0. The van der Waals surface area contributed by atoms with Crippen LogP contribution in [0.3, 0.4) is 0 Å². The van der Waals surface area contributed by atoms with Gasteiger partial charge in [-0.2, -0.15) is 0 Å². The number of hydrogen-bond donors (Lipinski definition) is 0. The molecular weight excluding hydrogens is 242 g/mol. The largest absolute Gasteiger partial charge is 0.466 e. The Bertz CT molecular complexity index is 358. The number of sulfonamides is 1. The lowest BCUT2D eigenvalue weighted by molar-refractivity contribution is -0.149. The molecule has 0 amide bonds. The molecule has 1 rings (SSSR count). The zero-order valence-electron chi connectivity index (χ0n) is 10.7. The van der Waals surface area contributed by atoms with Crippen LogP contribution in [-0.2, 0) is 19.6 Å². The maximum atomic E-state index is 11.5. The van der Waals surface area contributed by atoms with Gasteiger partial charge < -0.3 is 4.74 Å². The van der Waals surface area contributed by atoms with E-state index in [1.807, 2.05) is 0 Å². The average molecular weight is 263 g/mol. The molecule has 0 aromatic heterocycles. The van der Waals surface area contributed by atoms with E-state index >= 15 is 0 Å². The monoisotopic (exact) mass is 263 g/mol. The van der Waals surface area contributed by atoms with Gasteiger partial charge in [0, 0.05) is 13.1 Å². The van der Waals surface area contributed by atoms with E-state index in [0.29, 0.717) is 19.4 Å². The van der Waals surface area contributed by atoms with E-state index in [9.17, 15) is 13.2 Å². The van der Waals surface area contributed by atoms with E-state index in [-0.39, 0.29) is 17.9 Å². The topological polar surface area (TPSA) is 63.7 Å². The maximum Gasteiger partial charge on any atom is 0.308 e. The third-order valence-electron chi connectivity index (χ3n) is 3.35. The highest BCUT2D eigenvalue weighted by atomic mass is 32.2. The van der Waals surface area contributed by atoms with Crippen molar-refractivity contribution in [3.63, 3.8) is 0 Å². The summed E-state index contributed by atoms with van der Waals surface area (Å²) in [6.07, 6.45) is 4.09. The predicted octanol–water partition coefficient (Wildman–Crippen LogP) is 1.000. The van der Waals surface area contributed by atoms with E-state index in [0.717, 1.165) is 12.8 Å². The number of nitrogens with zero attached hydrogens (tertiary/aromatic N) is 1. The molecule has 0 saturated heterocycles. The van der Waals surface area contributed by atoms with Crippen LogP contribution in [-0.4, -0.2) is 44.6 Å². The van der Waals surface area contributed by atoms with Crippen LogP contribution in [0.15, 0.2) is 0 Å². The molecule has 100 valence electrons. The van der Waals surface area contributed by atoms with Crippen molar-refractivity contribution in [2.24, 2.45) is 5.92 Å². The molecule has 0 heterocycles. The molecule has 1 aliphatic carbocycles. The fraction of sp³-hybridized carbons (Fsp3) is 0.909. The molecule has 17 heavy (non-hydrogen) atoms. The second-order valence-corrected chi connectivity index (χ2v) is 6.58. The van der Waals surface area contributed by atoms with Crippen molar-refractivity contribution in [1.29, 1.82) is 0 Å². The number of rotatable bonds is 4. The highest BCUT2D eigenvalue weighted by Gasteiger charge is 2.31. The van der Waals surface area contributed by atoms with Crippen molar-refractivity contribution < 1.29 is 17.9 Å². The summed E-state index contributed by atoms with van der Waals surface area (Å²) in [7, 11) is -1.53. The Labute approximate surface area is 103 Å². The van der Waals surface area contributed by atoms with Gasteiger partial charge in [-0.05, 0) is 32.6 Å². The summed E-state index contributed by atoms with van der Waals surface area (Å²) in [4.78, 5) is 11.5. The summed E-state index contributed by atoms with van der Waals surface area (Å²) in [5.74, 6) is -0.202. The van der Waals surface area contributed by atoms with Crippen LogP contribution in [0.4, 0.5) is 0 Å². The summed E-state index contributed by atoms with van der Waals surface area (Å²) < 4.78 is 29.1. The molecule has 1 saturated carbocycles. The highest BCUT2D eigenvalue weighted by Crippen LogP contribution is 2.28. The van der Waals surface area contributed by atoms with Gasteiger partial charge in [0.2, 0.25) is 10.0 Å². The minimum Gasteiger partial charge on any atom is -0.466 e. The predicted molar refractivity (Wildman–Crippen MR) is 65.0 cm³/mol. The average Bonchev–Trinajstić information content (AvgIpc) is 2.27. The van der Waals surface area contributed by atoms with Gasteiger partial charge in [0.15, 0.2) is 0 Å². The molecule has 6 heteroatoms. The molecule has 0 radical (unpaired) electrons. The van der Waals surface area contributed by atoms with Crippen molar-refractivity contribution in [3.8, 4) is 0 Å². The quantitative estimate of drug-likeness (QED) is 0.710. The van der Waals surface area contributed by atoms with Gasteiger partial charge in [-0.3, -0.25) is 4.79 Å². The first-order chi connectivity index (χ1) is 7.86. The SMILES string of the molecule is CCOC(=O)C1CCC(N(C)S(C)(=O)=O)CC1. The highest BCUT2D eigenvalue weighted by molar-refractivity contribution is 7.88. The molecule has 0 spiro atoms. The van der Waals surface area contributed by atoms with Crippen molar-refractivity contribution in [3.05, 3.63) is 0 Å². The number of ether oxygens (including phenoxy) is 1. The van der Waals surface area contributed by atoms with Crippen LogP contribution in [0.5, 0.6) is 0 Å². The van der Waals surface area contributed by atoms with Crippen molar-refractivity contribution >= 4 is 16.0 Å². The summed E-state index contributed by atoms with van der Waals surface area (Å²) in [6, 6.07) is 0.0238. The molecule has 0 aliphatic heterocycles. The van der Waals surface area contributed by atoms with Gasteiger partial charge in [0.1, 0.15) is 0 Å². The van der Waals surface area contributed by atoms with E-state index in [4.69, 9.17) is 4.74 Å². The van der Waals surface area contributed by atoms with Crippen LogP contribution < -0.4 is 0 Å². The second kappa shape index (κ2) is 5.82. The Morgan fingerprint density at radius 1 is 1.29 bits per heavy atom. The maximum absolute atomic E-state index is 11.5. The molecule has 5 nitrogen and oxygen atoms in total. The standard InChI is InChI=1S/C11H21NO4S/c1-4-16-11(13)9-5-7-10(8-6-9)12(2)17(3,14)15/h9-10H,4-8H2,1-3H3. The van der Waals surface area contributed by atoms with E-state index in [2.05, 4.69) is 0 Å². The van der Waals surface area contributed by atoms with E-state index < -0.39 is 10.0 Å². The lowest BCUT2D eigenvalue weighted by atomic mass is 9.86. The summed E-state index contributed by atoms with van der Waals surface area (Å²) in [6.45, 7) is 2.20. The molecule has 0 aromatic carbocycles. The Morgan fingerprint density at radius 3 is 2.24 bits per heavy atom. The molecule has 0 atom stereocenters. The van der Waals surface area contributed by atoms with Crippen LogP contribution in [0.25, 0.3) is 0 Å². The van der Waals surface area contributed by atoms with Gasteiger partial charge in [0.25, 0.3) is 0 Å². The zero-order chi connectivity index (χ0) is 13.1. The molecular formula is C11H21NO4S. The normalized spacial score (nSPS) is 25.9. The van der Waals surface area contributed by atoms with E-state index in [1.165, 1.54) is 10.6 Å². The van der Waals surface area contributed by atoms with Crippen LogP contribution >= 0.6 is 0 Å². The number of carbonyl (C=O) groups is 1. The third kappa shape index (κ3) is 3.96. The van der Waals surface area contributed by atoms with Crippen LogP contribution in [0.1, 0.15) is 32.6 Å². The first-order valence-corrected chi connectivity index (χ1v) is 7.80. The second-order valence-electron chi connectivity index (χ2n) is 4.54. The van der Waals surface area contributed by atoms with Crippen molar-refractivity contribution in [1.82, 2.24) is 4.31 Å². The van der Waals surface area contributed by atoms with Gasteiger partial charge in [0.05, 0.1) is 18.8 Å². The number of esters is 1. The van der Waals surface area contributed by atoms with E-state index in [1.54, 1.807) is 14.0 Å². The Morgan fingerprint density at radius 2 is 1.82 bits per heavy atom. The van der Waals surface area contributed by atoms with Crippen molar-refractivity contribution in [2.75, 3.05) is 19.9 Å². The van der Waals surface area contributed by atoms with Crippen LogP contribution in [0, 0.1) is 5.92 Å². The van der Waals surface area contributed by atoms with Gasteiger partial charge >= 0.3 is 5.97 Å². The number of hydrogen-bond acceptors (Lipinski definition) is 4. The first kappa shape index (κ1) is 14.4. The lowest BCUT2D eigenvalue weighted by Crippen LogP contribution is -2.40. The Hall–Kier alpha value is -0.620. The van der Waals surface area contributed by atoms with Crippen LogP contribution in [0.2, 0.25) is 0 Å². The Balaban J connectivity index is 2.49. The molecule has 0 unspecified atom stereocenters. The Kier molecular flexibility index (Phi) is 4.94. The fourth-order valence-corrected chi connectivity index (χ4v) is 2.96. The minimum atomic E-state index is -3.13. The molecule has 0 N–H and O–H groups in total. The van der Waals surface area contributed by atoms with Gasteiger partial charge in [-0.15, -0.1) is 0 Å². The summed E-state index contributed by atoms with van der Waals surface area (Å²) >= 11 is 0. The molecule has 1 fully saturated rings. The number of carbonyl (C=O) groups excluding carboxylic acids is 1.